The maximum absolute atomic E-state index is 12.0. The van der Waals surface area contributed by atoms with E-state index in [2.05, 4.69) is 0 Å². The Balaban J connectivity index is 2.11. The van der Waals surface area contributed by atoms with Gasteiger partial charge in [0.15, 0.2) is 6.29 Å². The van der Waals surface area contributed by atoms with E-state index in [9.17, 15) is 9.59 Å². The number of carbonyl (C=O) groups excluding carboxylic acids is 2. The van der Waals surface area contributed by atoms with Gasteiger partial charge in [0.05, 0.1) is 17.2 Å². The van der Waals surface area contributed by atoms with E-state index in [0.29, 0.717) is 23.2 Å². The van der Waals surface area contributed by atoms with Gasteiger partial charge in [0, 0.05) is 0 Å². The molecule has 0 fully saturated rings. The largest absolute Gasteiger partial charge is 0.491 e. The van der Waals surface area contributed by atoms with Crippen LogP contribution >= 0.6 is 0 Å². The fraction of sp³-hybridized carbons (Fsp3) is 0.176. The zero-order valence-corrected chi connectivity index (χ0v) is 11.9. The average Bonchev–Trinajstić information content (AvgIpc) is 2.48. The van der Waals surface area contributed by atoms with Crippen LogP contribution in [0.1, 0.15) is 34.6 Å². The minimum atomic E-state index is -0.514. The molecular formula is C17H16O4. The number of esters is 1. The summed E-state index contributed by atoms with van der Waals surface area (Å²) in [4.78, 5) is 22.9. The van der Waals surface area contributed by atoms with Crippen molar-refractivity contribution in [3.05, 3.63) is 59.7 Å². The minimum Gasteiger partial charge on any atom is -0.491 e. The highest BCUT2D eigenvalue weighted by atomic mass is 16.5. The molecule has 0 radical (unpaired) electrons. The lowest BCUT2D eigenvalue weighted by atomic mass is 10.2. The van der Waals surface area contributed by atoms with Crippen molar-refractivity contribution in [3.63, 3.8) is 0 Å². The third kappa shape index (κ3) is 3.92. The van der Waals surface area contributed by atoms with E-state index in [0.717, 1.165) is 0 Å². The molecule has 0 bridgehead atoms. The van der Waals surface area contributed by atoms with Crippen molar-refractivity contribution >= 4 is 12.3 Å². The zero-order chi connectivity index (χ0) is 15.2. The number of ether oxygens (including phenoxy) is 2. The molecule has 0 atom stereocenters. The van der Waals surface area contributed by atoms with Gasteiger partial charge in [-0.15, -0.1) is 0 Å². The Labute approximate surface area is 123 Å². The molecule has 0 spiro atoms. The van der Waals surface area contributed by atoms with Gasteiger partial charge in [-0.1, -0.05) is 12.1 Å². The second kappa shape index (κ2) is 6.70. The van der Waals surface area contributed by atoms with Crippen molar-refractivity contribution in [3.8, 4) is 11.5 Å². The molecule has 0 aliphatic carbocycles. The van der Waals surface area contributed by atoms with Crippen molar-refractivity contribution in [2.45, 2.75) is 20.0 Å². The van der Waals surface area contributed by atoms with Gasteiger partial charge in [-0.2, -0.15) is 0 Å². The van der Waals surface area contributed by atoms with Crippen LogP contribution < -0.4 is 9.47 Å². The van der Waals surface area contributed by atoms with E-state index in [-0.39, 0.29) is 11.9 Å². The van der Waals surface area contributed by atoms with E-state index >= 15 is 0 Å². The van der Waals surface area contributed by atoms with Crippen LogP contribution in [0, 0.1) is 0 Å². The summed E-state index contributed by atoms with van der Waals surface area (Å²) in [6.07, 6.45) is 0.726. The third-order valence-electron chi connectivity index (χ3n) is 2.71. The first kappa shape index (κ1) is 14.8. The summed E-state index contributed by atoms with van der Waals surface area (Å²) in [5, 5.41) is 0. The number of para-hydroxylation sites is 1. The number of carbonyl (C=O) groups is 2. The fourth-order valence-electron chi connectivity index (χ4n) is 1.77. The summed E-state index contributed by atoms with van der Waals surface area (Å²) in [5.41, 5.74) is 0.734. The molecule has 108 valence electrons. The van der Waals surface area contributed by atoms with E-state index in [1.807, 2.05) is 13.8 Å². The lowest BCUT2D eigenvalue weighted by Crippen LogP contribution is -2.10. The van der Waals surface area contributed by atoms with Gasteiger partial charge in [0.1, 0.15) is 11.5 Å². The summed E-state index contributed by atoms with van der Waals surface area (Å²) in [7, 11) is 0. The van der Waals surface area contributed by atoms with Crippen LogP contribution in [0.4, 0.5) is 0 Å². The predicted molar refractivity (Wildman–Crippen MR) is 79.0 cm³/mol. The van der Waals surface area contributed by atoms with E-state index in [1.54, 1.807) is 48.5 Å². The topological polar surface area (TPSA) is 52.6 Å². The minimum absolute atomic E-state index is 0.0715. The molecule has 4 heteroatoms. The smallest absolute Gasteiger partial charge is 0.343 e. The fourth-order valence-corrected chi connectivity index (χ4v) is 1.77. The molecule has 0 aliphatic rings. The van der Waals surface area contributed by atoms with Crippen molar-refractivity contribution < 1.29 is 19.1 Å². The Kier molecular flexibility index (Phi) is 4.72. The highest BCUT2D eigenvalue weighted by Gasteiger charge is 2.11. The van der Waals surface area contributed by atoms with Crippen LogP contribution in [0.15, 0.2) is 48.5 Å². The van der Waals surface area contributed by atoms with Crippen molar-refractivity contribution in [1.82, 2.24) is 0 Å². The van der Waals surface area contributed by atoms with Crippen LogP contribution in [0.3, 0.4) is 0 Å². The molecule has 2 rings (SSSR count). The van der Waals surface area contributed by atoms with Gasteiger partial charge >= 0.3 is 5.97 Å². The Hall–Kier alpha value is -2.62. The molecule has 0 heterocycles. The Morgan fingerprint density at radius 3 is 2.33 bits per heavy atom. The molecule has 2 aromatic carbocycles. The molecule has 2 aromatic rings. The first-order valence-corrected chi connectivity index (χ1v) is 6.63. The zero-order valence-electron chi connectivity index (χ0n) is 11.9. The highest BCUT2D eigenvalue weighted by molar-refractivity contribution is 5.92. The van der Waals surface area contributed by atoms with Crippen molar-refractivity contribution in [2.75, 3.05) is 0 Å². The molecule has 0 aromatic heterocycles. The lowest BCUT2D eigenvalue weighted by Gasteiger charge is -2.10. The summed E-state index contributed by atoms with van der Waals surface area (Å²) in [6, 6.07) is 13.3. The molecule has 4 nitrogen and oxygen atoms in total. The number of hydrogen-bond donors (Lipinski definition) is 0. The number of benzene rings is 2. The van der Waals surface area contributed by atoms with Crippen LogP contribution in [0.2, 0.25) is 0 Å². The van der Waals surface area contributed by atoms with Crippen LogP contribution in [-0.4, -0.2) is 18.4 Å². The Morgan fingerprint density at radius 2 is 1.71 bits per heavy atom. The standard InChI is InChI=1S/C17H16O4/c1-12(2)20-15-9-7-13(8-10-15)17(19)21-16-6-4-3-5-14(16)11-18/h3-12H,1-2H3. The molecule has 0 saturated heterocycles. The first-order valence-electron chi connectivity index (χ1n) is 6.63. The Morgan fingerprint density at radius 1 is 1.05 bits per heavy atom. The van der Waals surface area contributed by atoms with Gasteiger partial charge in [-0.3, -0.25) is 4.79 Å². The third-order valence-corrected chi connectivity index (χ3v) is 2.71. The van der Waals surface area contributed by atoms with Gasteiger partial charge in [0.2, 0.25) is 0 Å². The predicted octanol–water partition coefficient (Wildman–Crippen LogP) is 3.51. The molecule has 0 N–H and O–H groups in total. The molecule has 0 saturated carbocycles. The van der Waals surface area contributed by atoms with Crippen LogP contribution in [0.5, 0.6) is 11.5 Å². The van der Waals surface area contributed by atoms with Gasteiger partial charge in [-0.05, 0) is 50.2 Å². The second-order valence-electron chi connectivity index (χ2n) is 4.74. The van der Waals surface area contributed by atoms with E-state index in [4.69, 9.17) is 9.47 Å². The van der Waals surface area contributed by atoms with Gasteiger partial charge < -0.3 is 9.47 Å². The summed E-state index contributed by atoms with van der Waals surface area (Å²) < 4.78 is 10.7. The normalized spacial score (nSPS) is 10.2. The van der Waals surface area contributed by atoms with E-state index in [1.165, 1.54) is 0 Å². The lowest BCUT2D eigenvalue weighted by molar-refractivity contribution is 0.0733. The molecule has 0 aliphatic heterocycles. The number of rotatable bonds is 5. The van der Waals surface area contributed by atoms with Crippen molar-refractivity contribution in [1.29, 1.82) is 0 Å². The summed E-state index contributed by atoms with van der Waals surface area (Å²) >= 11 is 0. The number of hydrogen-bond acceptors (Lipinski definition) is 4. The molecule has 0 unspecified atom stereocenters. The second-order valence-corrected chi connectivity index (χ2v) is 4.74. The van der Waals surface area contributed by atoms with E-state index < -0.39 is 5.97 Å². The summed E-state index contributed by atoms with van der Waals surface area (Å²) in [5.74, 6) is 0.426. The number of aldehydes is 1. The first-order chi connectivity index (χ1) is 10.1. The molecule has 21 heavy (non-hydrogen) atoms. The maximum Gasteiger partial charge on any atom is 0.343 e. The van der Waals surface area contributed by atoms with Gasteiger partial charge in [-0.25, -0.2) is 4.79 Å². The molecule has 0 amide bonds. The highest BCUT2D eigenvalue weighted by Crippen LogP contribution is 2.19. The van der Waals surface area contributed by atoms with Crippen LogP contribution in [-0.2, 0) is 0 Å². The molecular weight excluding hydrogens is 268 g/mol. The summed E-state index contributed by atoms with van der Waals surface area (Å²) in [6.45, 7) is 3.86. The van der Waals surface area contributed by atoms with Crippen LogP contribution in [0.25, 0.3) is 0 Å². The quantitative estimate of drug-likeness (QED) is 0.479. The monoisotopic (exact) mass is 284 g/mol. The maximum atomic E-state index is 12.0. The van der Waals surface area contributed by atoms with Gasteiger partial charge in [0.25, 0.3) is 0 Å². The Bertz CT molecular complexity index is 629. The average molecular weight is 284 g/mol. The SMILES string of the molecule is CC(C)Oc1ccc(C(=O)Oc2ccccc2C=O)cc1. The van der Waals surface area contributed by atoms with Crippen molar-refractivity contribution in [2.24, 2.45) is 0 Å².